The summed E-state index contributed by atoms with van der Waals surface area (Å²) in [6, 6.07) is 8.92. The molecule has 2 rings (SSSR count). The van der Waals surface area contributed by atoms with Gasteiger partial charge in [-0.05, 0) is 35.8 Å². The van der Waals surface area contributed by atoms with Gasteiger partial charge in [0, 0.05) is 0 Å². The highest BCUT2D eigenvalue weighted by atomic mass is 14.6. The maximum Gasteiger partial charge on any atom is 0.0510 e. The molecule has 1 aliphatic carbocycles. The highest BCUT2D eigenvalue weighted by Crippen LogP contribution is 2.33. The monoisotopic (exact) mass is 257 g/mol. The molecule has 0 amide bonds. The summed E-state index contributed by atoms with van der Waals surface area (Å²) in [6.07, 6.45) is 6.88. The fraction of sp³-hybridized carbons (Fsp3) is 0.556. The number of hydrogen-bond acceptors (Lipinski definition) is 1. The lowest BCUT2D eigenvalue weighted by Crippen LogP contribution is -2.16. The van der Waals surface area contributed by atoms with Gasteiger partial charge in [0.1, 0.15) is 0 Å². The molecular formula is C18H27N. The third kappa shape index (κ3) is 3.48. The Kier molecular flexibility index (Phi) is 4.81. The molecule has 1 atom stereocenters. The van der Waals surface area contributed by atoms with Crippen molar-refractivity contribution in [2.45, 2.75) is 57.9 Å². The first-order valence-corrected chi connectivity index (χ1v) is 7.63. The molecule has 0 radical (unpaired) electrons. The lowest BCUT2D eigenvalue weighted by atomic mass is 9.83. The van der Waals surface area contributed by atoms with Crippen LogP contribution in [0.4, 0.5) is 0 Å². The van der Waals surface area contributed by atoms with E-state index in [1.165, 1.54) is 43.2 Å². The zero-order valence-corrected chi connectivity index (χ0v) is 12.4. The van der Waals surface area contributed by atoms with Gasteiger partial charge in [-0.1, -0.05) is 69.5 Å². The second-order valence-electron chi connectivity index (χ2n) is 6.21. The number of rotatable bonds is 4. The van der Waals surface area contributed by atoms with Crippen molar-refractivity contribution in [3.05, 3.63) is 47.5 Å². The second-order valence-corrected chi connectivity index (χ2v) is 6.21. The highest BCUT2D eigenvalue weighted by molar-refractivity contribution is 5.31. The summed E-state index contributed by atoms with van der Waals surface area (Å²) < 4.78 is 0. The molecule has 1 fully saturated rings. The first-order chi connectivity index (χ1) is 9.09. The lowest BCUT2D eigenvalue weighted by Gasteiger charge is -2.23. The molecule has 0 heterocycles. The Bertz CT molecular complexity index is 410. The van der Waals surface area contributed by atoms with Crippen LogP contribution in [0.2, 0.25) is 0 Å². The molecule has 0 aromatic heterocycles. The molecule has 1 unspecified atom stereocenters. The van der Waals surface area contributed by atoms with Gasteiger partial charge in [0.15, 0.2) is 0 Å². The van der Waals surface area contributed by atoms with Crippen LogP contribution >= 0.6 is 0 Å². The molecule has 19 heavy (non-hydrogen) atoms. The van der Waals surface area contributed by atoms with E-state index in [4.69, 9.17) is 5.73 Å². The van der Waals surface area contributed by atoms with Crippen molar-refractivity contribution in [3.8, 4) is 0 Å². The minimum atomic E-state index is -0.0274. The van der Waals surface area contributed by atoms with E-state index in [0.717, 1.165) is 11.5 Å². The van der Waals surface area contributed by atoms with Crippen LogP contribution in [0.25, 0.3) is 0 Å². The van der Waals surface area contributed by atoms with Crippen LogP contribution in [0.3, 0.4) is 0 Å². The molecule has 1 aromatic carbocycles. The van der Waals surface area contributed by atoms with Crippen LogP contribution in [0.15, 0.2) is 36.4 Å². The number of nitrogens with two attached hydrogens (primary N) is 1. The Balaban J connectivity index is 2.07. The van der Waals surface area contributed by atoms with E-state index in [9.17, 15) is 0 Å². The zero-order chi connectivity index (χ0) is 13.8. The second kappa shape index (κ2) is 6.38. The third-order valence-electron chi connectivity index (χ3n) is 4.51. The summed E-state index contributed by atoms with van der Waals surface area (Å²) in [5, 5.41) is 0. The van der Waals surface area contributed by atoms with E-state index in [2.05, 4.69) is 44.7 Å². The van der Waals surface area contributed by atoms with Crippen molar-refractivity contribution in [2.75, 3.05) is 0 Å². The summed E-state index contributed by atoms with van der Waals surface area (Å²) >= 11 is 0. The van der Waals surface area contributed by atoms with Crippen LogP contribution in [0.1, 0.15) is 69.0 Å². The van der Waals surface area contributed by atoms with Crippen LogP contribution in [0, 0.1) is 5.92 Å². The van der Waals surface area contributed by atoms with Crippen LogP contribution in [-0.2, 0) is 0 Å². The minimum absolute atomic E-state index is 0.0274. The van der Waals surface area contributed by atoms with Gasteiger partial charge in [0.25, 0.3) is 0 Å². The average molecular weight is 257 g/mol. The Morgan fingerprint density at radius 2 is 1.68 bits per heavy atom. The molecule has 0 saturated heterocycles. The maximum absolute atomic E-state index is 6.27. The molecule has 1 aliphatic rings. The van der Waals surface area contributed by atoms with E-state index in [1.54, 1.807) is 0 Å². The molecule has 0 aliphatic heterocycles. The van der Waals surface area contributed by atoms with Crippen molar-refractivity contribution in [2.24, 2.45) is 11.7 Å². The van der Waals surface area contributed by atoms with Crippen molar-refractivity contribution < 1.29 is 0 Å². The molecule has 104 valence electrons. The van der Waals surface area contributed by atoms with Crippen molar-refractivity contribution in [1.82, 2.24) is 0 Å². The van der Waals surface area contributed by atoms with E-state index >= 15 is 0 Å². The highest BCUT2D eigenvalue weighted by Gasteiger charge is 2.17. The summed E-state index contributed by atoms with van der Waals surface area (Å²) in [6.45, 7) is 8.42. The maximum atomic E-state index is 6.27. The van der Waals surface area contributed by atoms with Crippen LogP contribution in [0.5, 0.6) is 0 Å². The third-order valence-corrected chi connectivity index (χ3v) is 4.51. The summed E-state index contributed by atoms with van der Waals surface area (Å²) in [5.74, 6) is 1.21. The van der Waals surface area contributed by atoms with E-state index in [1.807, 2.05) is 0 Å². The standard InChI is InChI=1S/C18H27N/c1-13(2)14(3)18(19)17-11-9-16(10-12-17)15-7-5-4-6-8-15/h9-13,15,18H,3-8,19H2,1-2H3. The Labute approximate surface area is 117 Å². The summed E-state index contributed by atoms with van der Waals surface area (Å²) in [4.78, 5) is 0. The normalized spacial score (nSPS) is 18.5. The van der Waals surface area contributed by atoms with E-state index < -0.39 is 0 Å². The Morgan fingerprint density at radius 1 is 1.11 bits per heavy atom. The molecule has 0 spiro atoms. The molecule has 0 bridgehead atoms. The van der Waals surface area contributed by atoms with Gasteiger partial charge in [-0.3, -0.25) is 0 Å². The first-order valence-electron chi connectivity index (χ1n) is 7.63. The van der Waals surface area contributed by atoms with Gasteiger partial charge >= 0.3 is 0 Å². The summed E-state index contributed by atoms with van der Waals surface area (Å²) in [7, 11) is 0. The number of benzene rings is 1. The first kappa shape index (κ1) is 14.3. The molecule has 1 nitrogen and oxygen atoms in total. The SMILES string of the molecule is C=C(C(C)C)C(N)c1ccc(C2CCCCC2)cc1. The van der Waals surface area contributed by atoms with Gasteiger partial charge in [-0.2, -0.15) is 0 Å². The molecule has 2 N–H and O–H groups in total. The van der Waals surface area contributed by atoms with Gasteiger partial charge in [0.05, 0.1) is 6.04 Å². The van der Waals surface area contributed by atoms with Gasteiger partial charge in [-0.15, -0.1) is 0 Å². The predicted octanol–water partition coefficient (Wildman–Crippen LogP) is 4.95. The fourth-order valence-corrected chi connectivity index (χ4v) is 2.98. The summed E-state index contributed by atoms with van der Waals surface area (Å²) in [5.41, 5.74) is 10.1. The number of hydrogen-bond donors (Lipinski definition) is 1. The molecule has 1 saturated carbocycles. The smallest absolute Gasteiger partial charge is 0.0510 e. The van der Waals surface area contributed by atoms with Gasteiger partial charge < -0.3 is 5.73 Å². The average Bonchev–Trinajstić information content (AvgIpc) is 2.46. The van der Waals surface area contributed by atoms with Gasteiger partial charge in [-0.25, -0.2) is 0 Å². The molecule has 1 heteroatoms. The fourth-order valence-electron chi connectivity index (χ4n) is 2.98. The Morgan fingerprint density at radius 3 is 2.21 bits per heavy atom. The van der Waals surface area contributed by atoms with Crippen molar-refractivity contribution in [3.63, 3.8) is 0 Å². The van der Waals surface area contributed by atoms with Crippen molar-refractivity contribution in [1.29, 1.82) is 0 Å². The van der Waals surface area contributed by atoms with E-state index in [-0.39, 0.29) is 6.04 Å². The van der Waals surface area contributed by atoms with E-state index in [0.29, 0.717) is 5.92 Å². The largest absolute Gasteiger partial charge is 0.321 e. The van der Waals surface area contributed by atoms with Crippen LogP contribution in [-0.4, -0.2) is 0 Å². The minimum Gasteiger partial charge on any atom is -0.321 e. The van der Waals surface area contributed by atoms with Crippen molar-refractivity contribution >= 4 is 0 Å². The topological polar surface area (TPSA) is 26.0 Å². The molecular weight excluding hydrogens is 230 g/mol. The predicted molar refractivity (Wildman–Crippen MR) is 83.2 cm³/mol. The van der Waals surface area contributed by atoms with Gasteiger partial charge in [0.2, 0.25) is 0 Å². The van der Waals surface area contributed by atoms with Crippen LogP contribution < -0.4 is 5.73 Å². The Hall–Kier alpha value is -1.08. The molecule has 1 aromatic rings. The zero-order valence-electron chi connectivity index (χ0n) is 12.4. The lowest BCUT2D eigenvalue weighted by molar-refractivity contribution is 0.443. The quantitative estimate of drug-likeness (QED) is 0.759.